The van der Waals surface area contributed by atoms with Crippen molar-refractivity contribution in [3.63, 3.8) is 0 Å². The van der Waals surface area contributed by atoms with Crippen molar-refractivity contribution in [1.82, 2.24) is 5.32 Å². The van der Waals surface area contributed by atoms with Gasteiger partial charge in [0.2, 0.25) is 5.91 Å². The predicted molar refractivity (Wildman–Crippen MR) is 358 cm³/mol. The minimum atomic E-state index is -1.67. The molecule has 0 aromatic heterocycles. The molecule has 9 unspecified atom stereocenters. The maximum Gasteiger partial charge on any atom is 0.249 e. The Bertz CT molecular complexity index is 1520. The second-order valence-electron chi connectivity index (χ2n) is 25.6. The number of amides is 1. The van der Waals surface area contributed by atoms with Gasteiger partial charge in [0.05, 0.1) is 25.4 Å². The quantitative estimate of drug-likeness (QED) is 0.0215. The summed E-state index contributed by atoms with van der Waals surface area (Å²) in [5.74, 6) is -0.706. The van der Waals surface area contributed by atoms with E-state index in [1.54, 1.807) is 0 Å². The molecule has 1 aliphatic heterocycles. The summed E-state index contributed by atoms with van der Waals surface area (Å²) in [6.07, 6.45) is 70.6. The first-order valence-electron chi connectivity index (χ1n) is 36.5. The molecule has 0 radical (unpaired) electrons. The average Bonchev–Trinajstić information content (AvgIpc) is 3.67. The summed E-state index contributed by atoms with van der Waals surface area (Å²) in [6.45, 7) is 3.49. The van der Waals surface area contributed by atoms with E-state index in [2.05, 4.69) is 67.8 Å². The number of hydrogen-bond acceptors (Lipinski definition) is 10. The first-order chi connectivity index (χ1) is 41.7. The molecule has 11 nitrogen and oxygen atoms in total. The van der Waals surface area contributed by atoms with Crippen LogP contribution in [-0.2, 0) is 14.3 Å². The first-order valence-corrected chi connectivity index (χ1v) is 36.5. The highest BCUT2D eigenvalue weighted by molar-refractivity contribution is 5.80. The lowest BCUT2D eigenvalue weighted by molar-refractivity contribution is -0.303. The Hall–Kier alpha value is -1.93. The lowest BCUT2D eigenvalue weighted by Gasteiger charge is -2.40. The van der Waals surface area contributed by atoms with Gasteiger partial charge in [-0.1, -0.05) is 313 Å². The largest absolute Gasteiger partial charge is 0.394 e. The SMILES string of the molecule is CCCCCCCCCCCCC/C=C\C/C=C\CCCCCCCCCCCCCCCCCCC(O)C(=O)NC(COC1OC(CO)C(O)C(O)C1O)C(O)C(O)CCC/C=C/CC/C=C/CCCCCCCCCCCCCCCCC. The highest BCUT2D eigenvalue weighted by Gasteiger charge is 2.44. The number of unbranched alkanes of at least 4 members (excludes halogenated alkanes) is 44. The Labute approximate surface area is 523 Å². The van der Waals surface area contributed by atoms with Crippen LogP contribution in [0.25, 0.3) is 0 Å². The summed E-state index contributed by atoms with van der Waals surface area (Å²) in [7, 11) is 0. The van der Waals surface area contributed by atoms with Crippen LogP contribution in [-0.4, -0.2) is 110 Å². The van der Waals surface area contributed by atoms with Crippen molar-refractivity contribution in [3.05, 3.63) is 48.6 Å². The maximum atomic E-state index is 13.3. The van der Waals surface area contributed by atoms with Gasteiger partial charge in [0.15, 0.2) is 6.29 Å². The third-order valence-electron chi connectivity index (χ3n) is 17.6. The zero-order valence-corrected chi connectivity index (χ0v) is 55.4. The molecular weight excluding hydrogens is 1060 g/mol. The summed E-state index contributed by atoms with van der Waals surface area (Å²) in [5, 5.41) is 76.5. The maximum absolute atomic E-state index is 13.3. The van der Waals surface area contributed by atoms with E-state index in [1.807, 2.05) is 0 Å². The smallest absolute Gasteiger partial charge is 0.249 e. The molecule has 1 aliphatic rings. The lowest BCUT2D eigenvalue weighted by Crippen LogP contribution is -2.60. The fraction of sp³-hybridized carbons (Fsp3) is 0.878. The van der Waals surface area contributed by atoms with Crippen LogP contribution in [0.1, 0.15) is 348 Å². The highest BCUT2D eigenvalue weighted by Crippen LogP contribution is 2.24. The Morgan fingerprint density at radius 2 is 0.741 bits per heavy atom. The summed E-state index contributed by atoms with van der Waals surface area (Å²) in [4.78, 5) is 13.3. The molecule has 0 aliphatic carbocycles. The number of hydrogen-bond donors (Lipinski definition) is 8. The fourth-order valence-corrected chi connectivity index (χ4v) is 11.7. The van der Waals surface area contributed by atoms with E-state index in [-0.39, 0.29) is 12.8 Å². The van der Waals surface area contributed by atoms with Crippen LogP contribution in [0.3, 0.4) is 0 Å². The van der Waals surface area contributed by atoms with Crippen LogP contribution >= 0.6 is 0 Å². The monoisotopic (exact) mass is 1200 g/mol. The van der Waals surface area contributed by atoms with E-state index in [0.717, 1.165) is 44.9 Å². The third kappa shape index (κ3) is 49.5. The molecule has 8 N–H and O–H groups in total. The summed E-state index contributed by atoms with van der Waals surface area (Å²) in [6, 6.07) is -1.19. The molecule has 0 aromatic rings. The molecule has 1 fully saturated rings. The number of nitrogens with one attached hydrogen (secondary N) is 1. The van der Waals surface area contributed by atoms with Gasteiger partial charge in [-0.3, -0.25) is 4.79 Å². The molecule has 9 atom stereocenters. The van der Waals surface area contributed by atoms with Gasteiger partial charge in [0.1, 0.15) is 36.6 Å². The summed E-state index contributed by atoms with van der Waals surface area (Å²) in [5.41, 5.74) is 0. The van der Waals surface area contributed by atoms with Gasteiger partial charge in [0, 0.05) is 0 Å². The number of rotatable bonds is 64. The molecule has 0 saturated carbocycles. The van der Waals surface area contributed by atoms with Crippen LogP contribution in [0.15, 0.2) is 48.6 Å². The Kier molecular flexibility index (Phi) is 59.4. The van der Waals surface area contributed by atoms with E-state index in [9.17, 15) is 40.5 Å². The van der Waals surface area contributed by atoms with E-state index in [4.69, 9.17) is 9.47 Å². The Morgan fingerprint density at radius 1 is 0.412 bits per heavy atom. The molecule has 0 bridgehead atoms. The molecule has 0 spiro atoms. The van der Waals surface area contributed by atoms with Crippen molar-refractivity contribution in [2.45, 2.75) is 403 Å². The van der Waals surface area contributed by atoms with E-state index >= 15 is 0 Å². The van der Waals surface area contributed by atoms with Crippen LogP contribution in [0, 0.1) is 0 Å². The fourth-order valence-electron chi connectivity index (χ4n) is 11.7. The molecule has 11 heteroatoms. The Morgan fingerprint density at radius 3 is 1.12 bits per heavy atom. The van der Waals surface area contributed by atoms with Gasteiger partial charge in [-0.25, -0.2) is 0 Å². The van der Waals surface area contributed by atoms with Crippen molar-refractivity contribution >= 4 is 5.91 Å². The number of carbonyl (C=O) groups excluding carboxylic acids is 1. The van der Waals surface area contributed by atoms with E-state index in [0.29, 0.717) is 19.3 Å². The van der Waals surface area contributed by atoms with Crippen LogP contribution < -0.4 is 5.32 Å². The van der Waals surface area contributed by atoms with Gasteiger partial charge in [-0.15, -0.1) is 0 Å². The van der Waals surface area contributed by atoms with E-state index in [1.165, 1.54) is 257 Å². The summed E-state index contributed by atoms with van der Waals surface area (Å²) < 4.78 is 11.2. The van der Waals surface area contributed by atoms with Crippen molar-refractivity contribution in [2.24, 2.45) is 0 Å². The molecule has 1 rings (SSSR count). The third-order valence-corrected chi connectivity index (χ3v) is 17.6. The molecule has 1 saturated heterocycles. The van der Waals surface area contributed by atoms with Gasteiger partial charge < -0.3 is 50.5 Å². The number of allylic oxidation sites excluding steroid dienone is 8. The topological polar surface area (TPSA) is 189 Å². The second-order valence-corrected chi connectivity index (χ2v) is 25.6. The summed E-state index contributed by atoms with van der Waals surface area (Å²) >= 11 is 0. The lowest BCUT2D eigenvalue weighted by atomic mass is 9.98. The molecule has 0 aromatic carbocycles. The van der Waals surface area contributed by atoms with Crippen LogP contribution in [0.4, 0.5) is 0 Å². The van der Waals surface area contributed by atoms with Crippen molar-refractivity contribution in [1.29, 1.82) is 0 Å². The minimum Gasteiger partial charge on any atom is -0.394 e. The molecule has 500 valence electrons. The zero-order valence-electron chi connectivity index (χ0n) is 55.4. The van der Waals surface area contributed by atoms with Gasteiger partial charge >= 0.3 is 0 Å². The highest BCUT2D eigenvalue weighted by atomic mass is 16.7. The van der Waals surface area contributed by atoms with Crippen molar-refractivity contribution in [2.75, 3.05) is 13.2 Å². The number of carbonyl (C=O) groups is 1. The van der Waals surface area contributed by atoms with E-state index < -0.39 is 74.2 Å². The molecule has 85 heavy (non-hydrogen) atoms. The van der Waals surface area contributed by atoms with Crippen LogP contribution in [0.2, 0.25) is 0 Å². The first kappa shape index (κ1) is 81.1. The molecule has 1 heterocycles. The Balaban J connectivity index is 2.19. The van der Waals surface area contributed by atoms with Gasteiger partial charge in [-0.05, 0) is 83.5 Å². The number of aliphatic hydroxyl groups excluding tert-OH is 7. The predicted octanol–water partition coefficient (Wildman–Crippen LogP) is 17.9. The zero-order chi connectivity index (χ0) is 61.7. The van der Waals surface area contributed by atoms with Gasteiger partial charge in [-0.2, -0.15) is 0 Å². The molecule has 1 amide bonds. The van der Waals surface area contributed by atoms with Crippen molar-refractivity contribution < 1.29 is 50.0 Å². The normalized spacial score (nSPS) is 19.1. The van der Waals surface area contributed by atoms with Crippen LogP contribution in [0.5, 0.6) is 0 Å². The second kappa shape index (κ2) is 62.3. The van der Waals surface area contributed by atoms with Gasteiger partial charge in [0.25, 0.3) is 0 Å². The molecular formula is C74H139NO10. The standard InChI is InChI=1S/C74H139NO10/c1-3-5-7-9-11-13-15-17-19-21-23-25-27-29-30-31-32-33-34-35-36-37-38-40-42-44-46-48-50-52-54-56-58-60-62-67(78)73(83)75-65(64-84-74-72(82)71(81)70(80)68(63-76)85-74)69(79)66(77)61-59-57-55-53-51-49-47-45-43-41-39-28-26-24-22-20-18-16-14-12-10-8-6-4-2/h27,29,31-32,45,47,53,55,65-72,74,76-82H,3-26,28,30,33-44,46,48-52,54,56-64H2,1-2H3,(H,75,83)/b29-27-,32-31-,47-45+,55-53+. The number of ether oxygens (including phenoxy) is 2. The van der Waals surface area contributed by atoms with Crippen molar-refractivity contribution in [3.8, 4) is 0 Å². The average molecular weight is 1200 g/mol. The number of aliphatic hydroxyl groups is 7. The minimum absolute atomic E-state index is 0.247.